The molecule has 0 atom stereocenters. The Morgan fingerprint density at radius 2 is 2.11 bits per heavy atom. The number of ether oxygens (including phenoxy) is 2. The first kappa shape index (κ1) is 15.6. The molecule has 1 rings (SSSR count). The molecule has 0 aliphatic rings. The van der Waals surface area contributed by atoms with Crippen LogP contribution in [0, 0.1) is 12.3 Å². The van der Waals surface area contributed by atoms with Crippen LogP contribution in [0.15, 0.2) is 24.3 Å². The van der Waals surface area contributed by atoms with E-state index in [1.807, 2.05) is 38.1 Å². The van der Waals surface area contributed by atoms with E-state index in [-0.39, 0.29) is 0 Å². The molecule has 0 fully saturated rings. The third-order valence-electron chi connectivity index (χ3n) is 2.55. The fourth-order valence-corrected chi connectivity index (χ4v) is 1.65. The molecule has 0 amide bonds. The molecule has 0 saturated heterocycles. The summed E-state index contributed by atoms with van der Waals surface area (Å²) < 4.78 is 11.0. The Kier molecular flexibility index (Phi) is 7.72. The molecule has 1 aromatic carbocycles. The molecule has 1 aromatic rings. The van der Waals surface area contributed by atoms with E-state index in [1.54, 1.807) is 0 Å². The predicted molar refractivity (Wildman–Crippen MR) is 78.2 cm³/mol. The van der Waals surface area contributed by atoms with E-state index in [0.717, 1.165) is 37.4 Å². The summed E-state index contributed by atoms with van der Waals surface area (Å²) in [4.78, 5) is 0. The highest BCUT2D eigenvalue weighted by molar-refractivity contribution is 5.33. The van der Waals surface area contributed by atoms with Crippen molar-refractivity contribution in [2.75, 3.05) is 19.8 Å². The molecule has 104 valence electrons. The minimum Gasteiger partial charge on any atom is -0.481 e. The highest BCUT2D eigenvalue weighted by atomic mass is 16.5. The number of rotatable bonds is 9. The van der Waals surface area contributed by atoms with E-state index >= 15 is 0 Å². The first-order chi connectivity index (χ1) is 9.24. The van der Waals surface area contributed by atoms with Crippen LogP contribution in [0.1, 0.15) is 25.8 Å². The summed E-state index contributed by atoms with van der Waals surface area (Å²) in [5, 5.41) is 3.38. The second-order valence-electron chi connectivity index (χ2n) is 4.55. The molecule has 0 aliphatic carbocycles. The van der Waals surface area contributed by atoms with Crippen molar-refractivity contribution < 1.29 is 9.47 Å². The van der Waals surface area contributed by atoms with E-state index in [4.69, 9.17) is 15.9 Å². The third kappa shape index (κ3) is 6.85. The Morgan fingerprint density at radius 3 is 2.84 bits per heavy atom. The maximum absolute atomic E-state index is 5.50. The molecule has 19 heavy (non-hydrogen) atoms. The fraction of sp³-hybridized carbons (Fsp3) is 0.500. The second kappa shape index (κ2) is 9.43. The molecular weight excluding hydrogens is 238 g/mol. The van der Waals surface area contributed by atoms with Crippen molar-refractivity contribution in [2.24, 2.45) is 0 Å². The van der Waals surface area contributed by atoms with E-state index in [2.05, 4.69) is 11.2 Å². The molecule has 0 aliphatic heterocycles. The van der Waals surface area contributed by atoms with E-state index < -0.39 is 0 Å². The van der Waals surface area contributed by atoms with Crippen LogP contribution in [-0.2, 0) is 11.3 Å². The number of terminal acetylenes is 1. The monoisotopic (exact) mass is 261 g/mol. The standard InChI is InChI=1S/C16H23NO2/c1-4-11-19-16-9-6-5-8-15(16)13-17-10-7-12-18-14(2)3/h1,5-6,8-9,14,17H,7,10-13H2,2-3H3. The average Bonchev–Trinajstić information content (AvgIpc) is 2.41. The van der Waals surface area contributed by atoms with Crippen LogP contribution in [0.4, 0.5) is 0 Å². The zero-order valence-electron chi connectivity index (χ0n) is 11.8. The average molecular weight is 261 g/mol. The smallest absolute Gasteiger partial charge is 0.148 e. The number of nitrogens with one attached hydrogen (secondary N) is 1. The van der Waals surface area contributed by atoms with Gasteiger partial charge in [0.2, 0.25) is 0 Å². The third-order valence-corrected chi connectivity index (χ3v) is 2.55. The van der Waals surface area contributed by atoms with Gasteiger partial charge in [-0.1, -0.05) is 24.1 Å². The van der Waals surface area contributed by atoms with Gasteiger partial charge in [0.25, 0.3) is 0 Å². The van der Waals surface area contributed by atoms with E-state index in [1.165, 1.54) is 0 Å². The number of benzene rings is 1. The molecule has 0 saturated carbocycles. The normalized spacial score (nSPS) is 10.4. The SMILES string of the molecule is C#CCOc1ccccc1CNCCCOC(C)C. The van der Waals surface area contributed by atoms with Crippen LogP contribution in [0.5, 0.6) is 5.75 Å². The lowest BCUT2D eigenvalue weighted by molar-refractivity contribution is 0.0770. The Balaban J connectivity index is 2.27. The van der Waals surface area contributed by atoms with Gasteiger partial charge in [0.05, 0.1) is 6.10 Å². The summed E-state index contributed by atoms with van der Waals surface area (Å²) in [6.45, 7) is 6.90. The largest absolute Gasteiger partial charge is 0.481 e. The van der Waals surface area contributed by atoms with Crippen LogP contribution in [-0.4, -0.2) is 25.9 Å². The maximum Gasteiger partial charge on any atom is 0.148 e. The van der Waals surface area contributed by atoms with Gasteiger partial charge in [0.1, 0.15) is 12.4 Å². The first-order valence-electron chi connectivity index (χ1n) is 6.70. The van der Waals surface area contributed by atoms with Crippen molar-refractivity contribution in [1.82, 2.24) is 5.32 Å². The molecule has 1 N–H and O–H groups in total. The molecule has 0 spiro atoms. The van der Waals surface area contributed by atoms with Gasteiger partial charge >= 0.3 is 0 Å². The zero-order chi connectivity index (χ0) is 13.9. The Bertz CT molecular complexity index is 396. The van der Waals surface area contributed by atoms with Gasteiger partial charge in [-0.25, -0.2) is 0 Å². The molecule has 3 nitrogen and oxygen atoms in total. The lowest BCUT2D eigenvalue weighted by Crippen LogP contribution is -2.18. The van der Waals surface area contributed by atoms with Crippen molar-refractivity contribution >= 4 is 0 Å². The first-order valence-corrected chi connectivity index (χ1v) is 6.70. The minimum atomic E-state index is 0.304. The quantitative estimate of drug-likeness (QED) is 0.547. The van der Waals surface area contributed by atoms with Gasteiger partial charge < -0.3 is 14.8 Å². The van der Waals surface area contributed by atoms with Gasteiger partial charge in [-0.3, -0.25) is 0 Å². The summed E-state index contributed by atoms with van der Waals surface area (Å²) in [6, 6.07) is 7.94. The van der Waals surface area contributed by atoms with Crippen LogP contribution in [0.25, 0.3) is 0 Å². The minimum absolute atomic E-state index is 0.304. The predicted octanol–water partition coefficient (Wildman–Crippen LogP) is 2.60. The molecular formula is C16H23NO2. The lowest BCUT2D eigenvalue weighted by Gasteiger charge is -2.11. The molecule has 0 bridgehead atoms. The second-order valence-corrected chi connectivity index (χ2v) is 4.55. The summed E-state index contributed by atoms with van der Waals surface area (Å²) in [5.41, 5.74) is 1.13. The lowest BCUT2D eigenvalue weighted by atomic mass is 10.2. The number of para-hydroxylation sites is 1. The highest BCUT2D eigenvalue weighted by Gasteiger charge is 2.01. The Labute approximate surface area is 116 Å². The summed E-state index contributed by atoms with van der Waals surface area (Å²) in [6.07, 6.45) is 6.51. The van der Waals surface area contributed by atoms with Crippen LogP contribution in [0.3, 0.4) is 0 Å². The molecule has 3 heteroatoms. The van der Waals surface area contributed by atoms with Gasteiger partial charge in [0.15, 0.2) is 0 Å². The van der Waals surface area contributed by atoms with Gasteiger partial charge in [-0.2, -0.15) is 0 Å². The van der Waals surface area contributed by atoms with Crippen molar-refractivity contribution in [1.29, 1.82) is 0 Å². The summed E-state index contributed by atoms with van der Waals surface area (Å²) >= 11 is 0. The topological polar surface area (TPSA) is 30.5 Å². The Hall–Kier alpha value is -1.50. The van der Waals surface area contributed by atoms with E-state index in [0.29, 0.717) is 12.7 Å². The molecule has 0 heterocycles. The maximum atomic E-state index is 5.50. The fourth-order valence-electron chi connectivity index (χ4n) is 1.65. The zero-order valence-corrected chi connectivity index (χ0v) is 11.8. The highest BCUT2D eigenvalue weighted by Crippen LogP contribution is 2.17. The van der Waals surface area contributed by atoms with Crippen molar-refractivity contribution in [3.63, 3.8) is 0 Å². The van der Waals surface area contributed by atoms with Crippen LogP contribution < -0.4 is 10.1 Å². The van der Waals surface area contributed by atoms with Crippen LogP contribution in [0.2, 0.25) is 0 Å². The van der Waals surface area contributed by atoms with Crippen molar-refractivity contribution in [3.05, 3.63) is 29.8 Å². The van der Waals surface area contributed by atoms with Crippen molar-refractivity contribution in [2.45, 2.75) is 32.9 Å². The summed E-state index contributed by atoms with van der Waals surface area (Å²) in [7, 11) is 0. The van der Waals surface area contributed by atoms with Gasteiger partial charge in [-0.15, -0.1) is 6.42 Å². The van der Waals surface area contributed by atoms with Gasteiger partial charge in [0, 0.05) is 18.7 Å². The summed E-state index contributed by atoms with van der Waals surface area (Å²) in [5.74, 6) is 3.33. The van der Waals surface area contributed by atoms with Crippen molar-refractivity contribution in [3.8, 4) is 18.1 Å². The van der Waals surface area contributed by atoms with Crippen LogP contribution >= 0.6 is 0 Å². The number of hydrogen-bond donors (Lipinski definition) is 1. The Morgan fingerprint density at radius 1 is 1.32 bits per heavy atom. The van der Waals surface area contributed by atoms with Gasteiger partial charge in [-0.05, 0) is 32.9 Å². The molecule has 0 radical (unpaired) electrons. The number of hydrogen-bond acceptors (Lipinski definition) is 3. The molecule has 0 unspecified atom stereocenters. The molecule has 0 aromatic heterocycles. The van der Waals surface area contributed by atoms with E-state index in [9.17, 15) is 0 Å².